The molecule has 0 aromatic heterocycles. The molecular weight excluding hydrogens is 407 g/mol. The Morgan fingerprint density at radius 3 is 2.48 bits per heavy atom. The van der Waals surface area contributed by atoms with Crippen molar-refractivity contribution in [3.8, 4) is 0 Å². The Hall–Kier alpha value is -2.12. The van der Waals surface area contributed by atoms with Gasteiger partial charge in [0.1, 0.15) is 0 Å². The number of fused-ring (bicyclic) bond motifs is 1. The third kappa shape index (κ3) is 4.59. The summed E-state index contributed by atoms with van der Waals surface area (Å²) in [5, 5.41) is 4.98. The van der Waals surface area contributed by atoms with E-state index in [1.165, 1.54) is 13.0 Å². The Labute approximate surface area is 167 Å². The van der Waals surface area contributed by atoms with E-state index in [0.717, 1.165) is 5.39 Å². The summed E-state index contributed by atoms with van der Waals surface area (Å²) in [6.45, 7) is 1.51. The minimum Gasteiger partial charge on any atom is -0.326 e. The Morgan fingerprint density at radius 2 is 1.78 bits per heavy atom. The van der Waals surface area contributed by atoms with Crippen LogP contribution in [0.4, 0.5) is 5.69 Å². The van der Waals surface area contributed by atoms with Gasteiger partial charge in [0.25, 0.3) is 0 Å². The van der Waals surface area contributed by atoms with Crippen molar-refractivity contribution in [2.45, 2.75) is 18.4 Å². The molecule has 0 aliphatic heterocycles. The topological polar surface area (TPSA) is 75.3 Å². The molecule has 0 heterocycles. The Kier molecular flexibility index (Phi) is 5.72. The predicted octanol–water partition coefficient (Wildman–Crippen LogP) is 4.58. The van der Waals surface area contributed by atoms with E-state index < -0.39 is 10.0 Å². The molecule has 0 aliphatic rings. The fourth-order valence-electron chi connectivity index (χ4n) is 2.64. The van der Waals surface area contributed by atoms with Gasteiger partial charge >= 0.3 is 0 Å². The van der Waals surface area contributed by atoms with Gasteiger partial charge in [-0.2, -0.15) is 0 Å². The number of benzene rings is 3. The molecule has 140 valence electrons. The second kappa shape index (κ2) is 7.86. The van der Waals surface area contributed by atoms with E-state index in [0.29, 0.717) is 26.7 Å². The van der Waals surface area contributed by atoms with E-state index in [4.69, 9.17) is 23.2 Å². The van der Waals surface area contributed by atoms with Gasteiger partial charge in [-0.3, -0.25) is 4.79 Å². The molecule has 27 heavy (non-hydrogen) atoms. The van der Waals surface area contributed by atoms with Gasteiger partial charge in [0.15, 0.2) is 0 Å². The summed E-state index contributed by atoms with van der Waals surface area (Å²) < 4.78 is 27.8. The lowest BCUT2D eigenvalue weighted by atomic mass is 10.1. The molecule has 0 fully saturated rings. The van der Waals surface area contributed by atoms with Crippen molar-refractivity contribution >= 4 is 55.6 Å². The van der Waals surface area contributed by atoms with Crippen molar-refractivity contribution in [1.29, 1.82) is 0 Å². The lowest BCUT2D eigenvalue weighted by Crippen LogP contribution is -2.23. The van der Waals surface area contributed by atoms with Gasteiger partial charge < -0.3 is 5.32 Å². The van der Waals surface area contributed by atoms with Crippen molar-refractivity contribution in [3.63, 3.8) is 0 Å². The first kappa shape index (κ1) is 19.6. The van der Waals surface area contributed by atoms with Gasteiger partial charge in [-0.25, -0.2) is 13.1 Å². The number of hydrogen-bond donors (Lipinski definition) is 2. The summed E-state index contributed by atoms with van der Waals surface area (Å²) in [7, 11) is -3.72. The average Bonchev–Trinajstić information content (AvgIpc) is 2.62. The van der Waals surface area contributed by atoms with Gasteiger partial charge in [-0.1, -0.05) is 47.5 Å². The van der Waals surface area contributed by atoms with Crippen molar-refractivity contribution in [2.24, 2.45) is 0 Å². The number of carbonyl (C=O) groups excluding carboxylic acids is 1. The zero-order valence-electron chi connectivity index (χ0n) is 14.3. The largest absolute Gasteiger partial charge is 0.326 e. The smallest absolute Gasteiger partial charge is 0.240 e. The van der Waals surface area contributed by atoms with Crippen LogP contribution in [-0.4, -0.2) is 14.3 Å². The number of nitrogens with one attached hydrogen (secondary N) is 2. The third-order valence-corrected chi connectivity index (χ3v) is 6.06. The van der Waals surface area contributed by atoms with Crippen LogP contribution in [0.3, 0.4) is 0 Å². The number of amides is 1. The molecule has 3 aromatic rings. The van der Waals surface area contributed by atoms with Crippen LogP contribution in [-0.2, 0) is 21.4 Å². The first-order valence-electron chi connectivity index (χ1n) is 8.00. The minimum atomic E-state index is -3.72. The van der Waals surface area contributed by atoms with Crippen LogP contribution in [0.1, 0.15) is 12.5 Å². The number of hydrogen-bond acceptors (Lipinski definition) is 3. The molecule has 0 atom stereocenters. The highest BCUT2D eigenvalue weighted by Gasteiger charge is 2.15. The zero-order valence-corrected chi connectivity index (χ0v) is 16.6. The fourth-order valence-corrected chi connectivity index (χ4v) is 4.01. The Bertz CT molecular complexity index is 1130. The quantitative estimate of drug-likeness (QED) is 0.631. The molecule has 0 spiro atoms. The van der Waals surface area contributed by atoms with Crippen molar-refractivity contribution < 1.29 is 13.2 Å². The van der Waals surface area contributed by atoms with Crippen LogP contribution in [0, 0.1) is 0 Å². The summed E-state index contributed by atoms with van der Waals surface area (Å²) in [6.07, 6.45) is 0. The zero-order chi connectivity index (χ0) is 19.6. The summed E-state index contributed by atoms with van der Waals surface area (Å²) in [5.41, 5.74) is 1.33. The second-order valence-corrected chi connectivity index (χ2v) is 8.52. The molecule has 5 nitrogen and oxygen atoms in total. The van der Waals surface area contributed by atoms with Crippen LogP contribution in [0.5, 0.6) is 0 Å². The van der Waals surface area contributed by atoms with Crippen LogP contribution >= 0.6 is 23.2 Å². The molecule has 3 aromatic carbocycles. The maximum atomic E-state index is 12.6. The molecule has 0 radical (unpaired) electrons. The van der Waals surface area contributed by atoms with Crippen LogP contribution in [0.25, 0.3) is 10.8 Å². The number of halogens is 2. The SMILES string of the molecule is CC(=O)Nc1cccc2cc(S(=O)(=O)NCc3ccc(Cl)c(Cl)c3)ccc12. The lowest BCUT2D eigenvalue weighted by molar-refractivity contribution is -0.114. The predicted molar refractivity (Wildman–Crippen MR) is 109 cm³/mol. The normalized spacial score (nSPS) is 11.5. The molecule has 1 amide bonds. The Morgan fingerprint density at radius 1 is 1.00 bits per heavy atom. The molecule has 2 N–H and O–H groups in total. The Balaban J connectivity index is 1.86. The lowest BCUT2D eigenvalue weighted by Gasteiger charge is -2.11. The van der Waals surface area contributed by atoms with E-state index in [-0.39, 0.29) is 17.3 Å². The maximum absolute atomic E-state index is 12.6. The first-order valence-corrected chi connectivity index (χ1v) is 10.2. The third-order valence-electron chi connectivity index (χ3n) is 3.92. The summed E-state index contributed by atoms with van der Waals surface area (Å²) in [6, 6.07) is 15.0. The van der Waals surface area contributed by atoms with E-state index in [1.54, 1.807) is 48.5 Å². The summed E-state index contributed by atoms with van der Waals surface area (Å²) >= 11 is 11.8. The van der Waals surface area contributed by atoms with Gasteiger partial charge in [0.05, 0.1) is 14.9 Å². The van der Waals surface area contributed by atoms with E-state index >= 15 is 0 Å². The molecule has 0 saturated heterocycles. The van der Waals surface area contributed by atoms with Crippen molar-refractivity contribution in [3.05, 3.63) is 70.2 Å². The van der Waals surface area contributed by atoms with E-state index in [9.17, 15) is 13.2 Å². The number of sulfonamides is 1. The molecular formula is C19H16Cl2N2O3S. The number of carbonyl (C=O) groups is 1. The molecule has 3 rings (SSSR count). The standard InChI is InChI=1S/C19H16Cl2N2O3S/c1-12(24)23-19-4-2-3-14-10-15(6-7-16(14)19)27(25,26)22-11-13-5-8-17(20)18(21)9-13/h2-10,22H,11H2,1H3,(H,23,24). The molecule has 8 heteroatoms. The fraction of sp³-hybridized carbons (Fsp3) is 0.105. The highest BCUT2D eigenvalue weighted by atomic mass is 35.5. The number of rotatable bonds is 5. The monoisotopic (exact) mass is 422 g/mol. The highest BCUT2D eigenvalue weighted by molar-refractivity contribution is 7.89. The van der Waals surface area contributed by atoms with Crippen molar-refractivity contribution in [1.82, 2.24) is 4.72 Å². The number of anilines is 1. The first-order chi connectivity index (χ1) is 12.8. The van der Waals surface area contributed by atoms with Crippen LogP contribution < -0.4 is 10.0 Å². The van der Waals surface area contributed by atoms with Crippen LogP contribution in [0.2, 0.25) is 10.0 Å². The molecule has 0 unspecified atom stereocenters. The van der Waals surface area contributed by atoms with E-state index in [1.807, 2.05) is 0 Å². The van der Waals surface area contributed by atoms with Crippen molar-refractivity contribution in [2.75, 3.05) is 5.32 Å². The molecule has 0 saturated carbocycles. The minimum absolute atomic E-state index is 0.0865. The van der Waals surface area contributed by atoms with Gasteiger partial charge in [0.2, 0.25) is 15.9 Å². The van der Waals surface area contributed by atoms with Gasteiger partial charge in [-0.05, 0) is 41.3 Å². The maximum Gasteiger partial charge on any atom is 0.240 e. The van der Waals surface area contributed by atoms with E-state index in [2.05, 4.69) is 10.0 Å². The van der Waals surface area contributed by atoms with Gasteiger partial charge in [0, 0.05) is 24.5 Å². The highest BCUT2D eigenvalue weighted by Crippen LogP contribution is 2.26. The average molecular weight is 423 g/mol. The molecule has 0 aliphatic carbocycles. The summed E-state index contributed by atoms with van der Waals surface area (Å²) in [4.78, 5) is 11.4. The van der Waals surface area contributed by atoms with Crippen LogP contribution in [0.15, 0.2) is 59.5 Å². The second-order valence-electron chi connectivity index (χ2n) is 5.94. The summed E-state index contributed by atoms with van der Waals surface area (Å²) in [5.74, 6) is -0.192. The molecule has 0 bridgehead atoms. The van der Waals surface area contributed by atoms with Gasteiger partial charge in [-0.15, -0.1) is 0 Å².